The van der Waals surface area contributed by atoms with E-state index in [-0.39, 0.29) is 23.9 Å². The first-order chi connectivity index (χ1) is 10.6. The first-order valence-electron chi connectivity index (χ1n) is 6.13. The Morgan fingerprint density at radius 1 is 0.520 bits per heavy atom. The van der Waals surface area contributed by atoms with Gasteiger partial charge in [-0.25, -0.2) is 0 Å². The Kier molecular flexibility index (Phi) is 28.6. The van der Waals surface area contributed by atoms with E-state index < -0.39 is 48.3 Å². The van der Waals surface area contributed by atoms with E-state index in [2.05, 4.69) is 0 Å². The van der Waals surface area contributed by atoms with Gasteiger partial charge in [0.1, 0.15) is 0 Å². The molecule has 0 aliphatic carbocycles. The zero-order valence-corrected chi connectivity index (χ0v) is 16.7. The number of hydrogen-bond acceptors (Lipinski definition) is 12. The Morgan fingerprint density at radius 2 is 0.560 bits per heavy atom. The summed E-state index contributed by atoms with van der Waals surface area (Å²) in [6.45, 7) is 4.54. The van der Waals surface area contributed by atoms with Gasteiger partial charge in [-0.3, -0.25) is 0 Å². The minimum absolute atomic E-state index is 0. The van der Waals surface area contributed by atoms with Gasteiger partial charge in [-0.15, -0.1) is 0 Å². The molecule has 0 heterocycles. The van der Waals surface area contributed by atoms with Crippen molar-refractivity contribution in [1.82, 2.24) is 0 Å². The molecule has 25 heavy (non-hydrogen) atoms. The van der Waals surface area contributed by atoms with Crippen LogP contribution in [0.25, 0.3) is 0 Å². The molecule has 144 valence electrons. The molecule has 0 unspecified atom stereocenters. The second-order valence-corrected chi connectivity index (χ2v) is 3.98. The van der Waals surface area contributed by atoms with E-state index in [1.54, 1.807) is 0 Å². The number of aliphatic carboxylic acids is 4. The van der Waals surface area contributed by atoms with Crippen molar-refractivity contribution in [3.05, 3.63) is 0 Å². The molecule has 0 aromatic carbocycles. The normalized spacial score (nSPS) is 13.1. The van der Waals surface area contributed by atoms with Gasteiger partial charge in [0.2, 0.25) is 0 Å². The number of aliphatic hydroxyl groups excluding tert-OH is 4. The van der Waals surface area contributed by atoms with Gasteiger partial charge < -0.3 is 60.0 Å². The van der Waals surface area contributed by atoms with Crippen LogP contribution in [0.5, 0.6) is 0 Å². The second kappa shape index (κ2) is 20.6. The van der Waals surface area contributed by atoms with E-state index in [1.165, 1.54) is 0 Å². The Balaban J connectivity index is -0.0000000702. The predicted molar refractivity (Wildman–Crippen MR) is 72.5 cm³/mol. The third kappa shape index (κ3) is 45.0. The number of carbonyl (C=O) groups is 4. The topological polar surface area (TPSA) is 241 Å². The maximum absolute atomic E-state index is 9.34. The summed E-state index contributed by atoms with van der Waals surface area (Å²) >= 11 is 0. The average molecular weight is 475 g/mol. The molecule has 0 rings (SSSR count). The molecule has 0 saturated heterocycles. The first kappa shape index (κ1) is 34.8. The van der Waals surface area contributed by atoms with Gasteiger partial charge in [0, 0.05) is 0 Å². The van der Waals surface area contributed by atoms with Crippen LogP contribution in [0.3, 0.4) is 0 Å². The number of aliphatic hydroxyl groups is 4. The molecule has 0 aromatic rings. The quantitative estimate of drug-likeness (QED) is 0.277. The molecule has 0 bridgehead atoms. The zero-order valence-electron chi connectivity index (χ0n) is 13.9. The van der Waals surface area contributed by atoms with Crippen molar-refractivity contribution in [1.29, 1.82) is 0 Å². The largest absolute Gasteiger partial charge is 4.00 e. The molecule has 0 aliphatic heterocycles. The van der Waals surface area contributed by atoms with Crippen LogP contribution in [0, 0.1) is 0 Å². The van der Waals surface area contributed by atoms with Gasteiger partial charge >= 0.3 is 23.9 Å². The summed E-state index contributed by atoms with van der Waals surface area (Å²) in [5.41, 5.74) is 0. The van der Waals surface area contributed by atoms with Gasteiger partial charge in [0.05, 0.1) is 48.3 Å². The SMILES string of the molecule is C[C@@H](O)C(=O)[O-].C[C@@H](O)C(=O)[O-].C[C@@H](O)C(=O)[O-].C[C@@H](O)C(=O)[O-].[Sn+4]. The second-order valence-electron chi connectivity index (χ2n) is 3.98. The number of carboxylic acid groups (broad SMARTS) is 4. The number of rotatable bonds is 4. The Bertz CT molecular complexity index is 306. The molecule has 4 atom stereocenters. The summed E-state index contributed by atoms with van der Waals surface area (Å²) in [5, 5.41) is 69.2. The van der Waals surface area contributed by atoms with Crippen LogP contribution < -0.4 is 20.4 Å². The zero-order chi connectivity index (χ0) is 20.6. The van der Waals surface area contributed by atoms with Crippen LogP contribution in [-0.4, -0.2) is 92.6 Å². The molecule has 0 fully saturated rings. The number of hydrogen-bond donors (Lipinski definition) is 4. The van der Waals surface area contributed by atoms with Crippen LogP contribution in [-0.2, 0) is 19.2 Å². The third-order valence-corrected chi connectivity index (χ3v) is 1.36. The molecule has 0 aliphatic rings. The molecule has 0 aromatic heterocycles. The fourth-order valence-electron chi connectivity index (χ4n) is 0. The van der Waals surface area contributed by atoms with Crippen molar-refractivity contribution < 1.29 is 60.0 Å². The Labute approximate surface area is 160 Å². The number of carbonyl (C=O) groups excluding carboxylic acids is 4. The van der Waals surface area contributed by atoms with Crippen molar-refractivity contribution in [3.63, 3.8) is 0 Å². The van der Waals surface area contributed by atoms with Crippen molar-refractivity contribution >= 4 is 47.8 Å². The predicted octanol–water partition coefficient (Wildman–Crippen LogP) is -7.91. The fourth-order valence-corrected chi connectivity index (χ4v) is 0. The van der Waals surface area contributed by atoms with Crippen molar-refractivity contribution in [3.8, 4) is 0 Å². The van der Waals surface area contributed by atoms with E-state index in [9.17, 15) is 39.6 Å². The summed E-state index contributed by atoms with van der Waals surface area (Å²) < 4.78 is 0. The maximum atomic E-state index is 9.34. The number of carboxylic acids is 4. The van der Waals surface area contributed by atoms with Crippen LogP contribution in [0.15, 0.2) is 0 Å². The fraction of sp³-hybridized carbons (Fsp3) is 0.667. The van der Waals surface area contributed by atoms with E-state index in [0.717, 1.165) is 27.7 Å². The monoisotopic (exact) mass is 476 g/mol. The van der Waals surface area contributed by atoms with Crippen LogP contribution in [0.1, 0.15) is 27.7 Å². The van der Waals surface area contributed by atoms with Crippen LogP contribution in [0.4, 0.5) is 0 Å². The van der Waals surface area contributed by atoms with Gasteiger partial charge in [-0.05, 0) is 27.7 Å². The standard InChI is InChI=1S/4C3H6O3.Sn/c4*1-2(4)3(5)6;/h4*2,4H,1H3,(H,5,6);/q;;;;+4/p-4/t4*2-;/m1111./s1. The smallest absolute Gasteiger partial charge is 0.547 e. The molecule has 13 heteroatoms. The maximum Gasteiger partial charge on any atom is 4.00 e. The third-order valence-electron chi connectivity index (χ3n) is 1.36. The van der Waals surface area contributed by atoms with Crippen molar-refractivity contribution in [2.24, 2.45) is 0 Å². The van der Waals surface area contributed by atoms with Crippen LogP contribution in [0.2, 0.25) is 0 Å². The first-order valence-corrected chi connectivity index (χ1v) is 6.13. The average Bonchev–Trinajstić information content (AvgIpc) is 2.40. The molecule has 0 spiro atoms. The van der Waals surface area contributed by atoms with Crippen molar-refractivity contribution in [2.45, 2.75) is 52.1 Å². The molecular weight excluding hydrogens is 455 g/mol. The molecule has 0 radical (unpaired) electrons. The summed E-state index contributed by atoms with van der Waals surface area (Å²) in [4.78, 5) is 37.4. The van der Waals surface area contributed by atoms with E-state index in [4.69, 9.17) is 20.4 Å². The van der Waals surface area contributed by atoms with Gasteiger partial charge in [-0.1, -0.05) is 0 Å². The van der Waals surface area contributed by atoms with Gasteiger partial charge in [0.15, 0.2) is 0 Å². The Morgan fingerprint density at radius 3 is 0.560 bits per heavy atom. The summed E-state index contributed by atoms with van der Waals surface area (Å²) in [5.74, 6) is -5.74. The van der Waals surface area contributed by atoms with Gasteiger partial charge in [0.25, 0.3) is 0 Å². The summed E-state index contributed by atoms with van der Waals surface area (Å²) in [6, 6.07) is 0. The summed E-state index contributed by atoms with van der Waals surface area (Å²) in [6.07, 6.45) is -5.37. The minimum Gasteiger partial charge on any atom is -0.547 e. The molecule has 12 nitrogen and oxygen atoms in total. The molecule has 4 N–H and O–H groups in total. The Hall–Kier alpha value is -1.48. The van der Waals surface area contributed by atoms with E-state index in [1.807, 2.05) is 0 Å². The van der Waals surface area contributed by atoms with E-state index in [0.29, 0.717) is 0 Å². The van der Waals surface area contributed by atoms with Crippen LogP contribution >= 0.6 is 0 Å². The molecule has 0 saturated carbocycles. The van der Waals surface area contributed by atoms with Crippen molar-refractivity contribution in [2.75, 3.05) is 0 Å². The molecule has 0 amide bonds. The summed E-state index contributed by atoms with van der Waals surface area (Å²) in [7, 11) is 0. The molecular formula is C12H20O12Sn. The van der Waals surface area contributed by atoms with E-state index >= 15 is 0 Å². The van der Waals surface area contributed by atoms with Gasteiger partial charge in [-0.2, -0.15) is 0 Å². The minimum atomic E-state index is -1.44.